The second-order valence-corrected chi connectivity index (χ2v) is 0. The molecule has 0 fully saturated rings. The molecule has 36 valence electrons. The van der Waals surface area contributed by atoms with E-state index < -0.39 is 0 Å². The molecule has 0 aromatic carbocycles. The van der Waals surface area contributed by atoms with Crippen LogP contribution in [-0.2, 0) is 77.9 Å². The van der Waals surface area contributed by atoms with E-state index in [1.165, 1.54) is 0 Å². The van der Waals surface area contributed by atoms with E-state index >= 15 is 0 Å². The molecule has 6 heteroatoms. The molecule has 3 nitrogen and oxygen atoms in total. The van der Waals surface area contributed by atoms with E-state index in [1.807, 2.05) is 0 Å². The van der Waals surface area contributed by atoms with Gasteiger partial charge in [0.25, 0.3) is 0 Å². The van der Waals surface area contributed by atoms with Gasteiger partial charge >= 0.3 is 61.4 Å². The van der Waals surface area contributed by atoms with Crippen molar-refractivity contribution in [2.75, 3.05) is 0 Å². The topological polar surface area (TPSA) is 85.5 Å². The molecule has 0 aliphatic rings. The van der Waals surface area contributed by atoms with Gasteiger partial charge in [-0.1, -0.05) is 0 Å². The standard InChI is InChI=1S/Cd.2Fe.3O/q3*+2;3*-2. The summed E-state index contributed by atoms with van der Waals surface area (Å²) in [5.74, 6) is 0. The Hall–Kier alpha value is 1.84. The molecule has 0 radical (unpaired) electrons. The van der Waals surface area contributed by atoms with Crippen molar-refractivity contribution in [3.63, 3.8) is 0 Å². The zero-order valence-electron chi connectivity index (χ0n) is 2.64. The Bertz CT molecular complexity index is 8.75. The van der Waals surface area contributed by atoms with Gasteiger partial charge in [-0.25, -0.2) is 0 Å². The maximum atomic E-state index is 0. The van der Waals surface area contributed by atoms with Crippen molar-refractivity contribution in [2.24, 2.45) is 0 Å². The van der Waals surface area contributed by atoms with Gasteiger partial charge in [0.2, 0.25) is 0 Å². The Balaban J connectivity index is 0. The molecule has 0 aromatic rings. The molecule has 0 bridgehead atoms. The molecule has 6 heavy (non-hydrogen) atoms. The maximum Gasteiger partial charge on any atom is 2.00 e. The minimum Gasteiger partial charge on any atom is -2.00 e. The Kier molecular flexibility index (Phi) is 1240. The van der Waals surface area contributed by atoms with E-state index in [4.69, 9.17) is 0 Å². The van der Waals surface area contributed by atoms with Crippen LogP contribution in [0.1, 0.15) is 0 Å². The zero-order chi connectivity index (χ0) is 0. The van der Waals surface area contributed by atoms with Gasteiger partial charge in [-0.3, -0.25) is 0 Å². The number of rotatable bonds is 0. The second kappa shape index (κ2) is 68.9. The molecule has 0 heterocycles. The fourth-order valence-electron chi connectivity index (χ4n) is 0. The third-order valence-electron chi connectivity index (χ3n) is 0. The first kappa shape index (κ1) is 108. The molecule has 0 aliphatic carbocycles. The van der Waals surface area contributed by atoms with Gasteiger partial charge in [-0.2, -0.15) is 0 Å². The van der Waals surface area contributed by atoms with Crippen LogP contribution in [0.15, 0.2) is 0 Å². The van der Waals surface area contributed by atoms with Crippen molar-refractivity contribution in [3.05, 3.63) is 0 Å². The SMILES string of the molecule is [Cd+2].[Fe+2].[Fe+2].[O-2].[O-2].[O-2]. The van der Waals surface area contributed by atoms with Crippen LogP contribution in [0.25, 0.3) is 0 Å². The monoisotopic (exact) mass is 274 g/mol. The Morgan fingerprint density at radius 2 is 0.500 bits per heavy atom. The average molecular weight is 272 g/mol. The molecule has 0 unspecified atom stereocenters. The van der Waals surface area contributed by atoms with Crippen LogP contribution in [-0.4, -0.2) is 0 Å². The number of hydrogen-bond donors (Lipinski definition) is 0. The predicted octanol–water partition coefficient (Wildman–Crippen LogP) is -0.364. The summed E-state index contributed by atoms with van der Waals surface area (Å²) in [6.45, 7) is 0. The molecule has 0 rings (SSSR count). The Morgan fingerprint density at radius 1 is 0.500 bits per heavy atom. The first-order chi connectivity index (χ1) is 0. The van der Waals surface area contributed by atoms with Gasteiger partial charge in [0, 0.05) is 0 Å². The van der Waals surface area contributed by atoms with Gasteiger partial charge in [-0.15, -0.1) is 0 Å². The van der Waals surface area contributed by atoms with Crippen LogP contribution >= 0.6 is 0 Å². The van der Waals surface area contributed by atoms with Crippen LogP contribution in [0.4, 0.5) is 0 Å². The first-order valence-corrected chi connectivity index (χ1v) is 0. The van der Waals surface area contributed by atoms with Gasteiger partial charge in [-0.05, 0) is 0 Å². The fourth-order valence-corrected chi connectivity index (χ4v) is 0. The molecular weight excluding hydrogens is 272 g/mol. The average Bonchev–Trinajstić information content (AvgIpc) is 0. The van der Waals surface area contributed by atoms with Crippen molar-refractivity contribution in [3.8, 4) is 0 Å². The molecule has 0 amide bonds. The van der Waals surface area contributed by atoms with Crippen molar-refractivity contribution in [1.82, 2.24) is 0 Å². The Labute approximate surface area is 77.3 Å². The third kappa shape index (κ3) is 40.4. The molecule has 0 atom stereocenters. The van der Waals surface area contributed by atoms with Gasteiger partial charge in [0.15, 0.2) is 0 Å². The van der Waals surface area contributed by atoms with Crippen molar-refractivity contribution < 1.29 is 77.9 Å². The molecule has 0 aliphatic heterocycles. The predicted molar refractivity (Wildman–Crippen MR) is 2.06 cm³/mol. The van der Waals surface area contributed by atoms with Crippen LogP contribution in [0, 0.1) is 0 Å². The summed E-state index contributed by atoms with van der Waals surface area (Å²) in [5, 5.41) is 0. The van der Waals surface area contributed by atoms with Gasteiger partial charge < -0.3 is 16.4 Å². The largest absolute Gasteiger partial charge is 2.00 e. The summed E-state index contributed by atoms with van der Waals surface area (Å²) in [5.41, 5.74) is 0. The molecule has 0 spiro atoms. The Morgan fingerprint density at radius 3 is 0.500 bits per heavy atom. The fraction of sp³-hybridized carbons (Fsp3) is 0. The summed E-state index contributed by atoms with van der Waals surface area (Å²) in [6, 6.07) is 0. The minimum atomic E-state index is 0. The molecule has 0 N–H and O–H groups in total. The maximum absolute atomic E-state index is 0. The van der Waals surface area contributed by atoms with E-state index in [0.29, 0.717) is 0 Å². The summed E-state index contributed by atoms with van der Waals surface area (Å²) < 4.78 is 0. The van der Waals surface area contributed by atoms with Crippen molar-refractivity contribution in [1.29, 1.82) is 0 Å². The van der Waals surface area contributed by atoms with E-state index in [2.05, 4.69) is 0 Å². The van der Waals surface area contributed by atoms with Crippen molar-refractivity contribution >= 4 is 0 Å². The van der Waals surface area contributed by atoms with Gasteiger partial charge in [0.1, 0.15) is 0 Å². The quantitative estimate of drug-likeness (QED) is 0.539. The van der Waals surface area contributed by atoms with Crippen LogP contribution < -0.4 is 0 Å². The van der Waals surface area contributed by atoms with E-state index in [1.54, 1.807) is 0 Å². The molecular formula is CdFe2O3. The first-order valence-electron chi connectivity index (χ1n) is 0. The van der Waals surface area contributed by atoms with Crippen molar-refractivity contribution in [2.45, 2.75) is 0 Å². The minimum absolute atomic E-state index is 0. The summed E-state index contributed by atoms with van der Waals surface area (Å²) in [6.07, 6.45) is 0. The molecule has 0 saturated heterocycles. The number of hydrogen-bond acceptors (Lipinski definition) is 0. The zero-order valence-corrected chi connectivity index (χ0v) is 8.88. The molecule has 0 saturated carbocycles. The third-order valence-corrected chi connectivity index (χ3v) is 0. The second-order valence-electron chi connectivity index (χ2n) is 0. The summed E-state index contributed by atoms with van der Waals surface area (Å²) in [7, 11) is 0. The van der Waals surface area contributed by atoms with E-state index in [9.17, 15) is 0 Å². The summed E-state index contributed by atoms with van der Waals surface area (Å²) >= 11 is 0. The van der Waals surface area contributed by atoms with E-state index in [-0.39, 0.29) is 77.9 Å². The van der Waals surface area contributed by atoms with Crippen LogP contribution in [0.2, 0.25) is 0 Å². The van der Waals surface area contributed by atoms with Crippen LogP contribution in [0.3, 0.4) is 0 Å². The van der Waals surface area contributed by atoms with Crippen LogP contribution in [0.5, 0.6) is 0 Å². The summed E-state index contributed by atoms with van der Waals surface area (Å²) in [4.78, 5) is 0. The molecule has 0 aromatic heterocycles. The smallest absolute Gasteiger partial charge is 2.00 e. The normalized spacial score (nSPS) is 0. The van der Waals surface area contributed by atoms with Gasteiger partial charge in [0.05, 0.1) is 0 Å². The van der Waals surface area contributed by atoms with E-state index in [0.717, 1.165) is 0 Å².